The topological polar surface area (TPSA) is 91.6 Å². The molecule has 3 N–H and O–H groups in total. The summed E-state index contributed by atoms with van der Waals surface area (Å²) in [6.45, 7) is 0.438. The van der Waals surface area contributed by atoms with Gasteiger partial charge in [-0.2, -0.15) is 5.10 Å². The molecule has 27 heavy (non-hydrogen) atoms. The van der Waals surface area contributed by atoms with E-state index in [1.54, 1.807) is 35.1 Å². The quantitative estimate of drug-likeness (QED) is 0.646. The summed E-state index contributed by atoms with van der Waals surface area (Å²) >= 11 is 0. The zero-order valence-electron chi connectivity index (χ0n) is 15.1. The van der Waals surface area contributed by atoms with Gasteiger partial charge in [-0.1, -0.05) is 37.5 Å². The van der Waals surface area contributed by atoms with Crippen molar-refractivity contribution in [1.29, 1.82) is 0 Å². The van der Waals surface area contributed by atoms with E-state index in [-0.39, 0.29) is 17.7 Å². The molecule has 140 valence electrons. The number of phenolic OH excluding ortho intramolecular Hbond substituents is 1. The van der Waals surface area contributed by atoms with Crippen molar-refractivity contribution in [1.82, 2.24) is 19.9 Å². The number of amides is 1. The van der Waals surface area contributed by atoms with Gasteiger partial charge in [0.05, 0.1) is 6.20 Å². The van der Waals surface area contributed by atoms with Crippen LogP contribution in [0.2, 0.25) is 0 Å². The number of fused-ring (bicyclic) bond motifs is 1. The maximum atomic E-state index is 12.7. The first-order valence-electron chi connectivity index (χ1n) is 9.37. The Bertz CT molecular complexity index is 946. The molecule has 0 unspecified atom stereocenters. The lowest BCUT2D eigenvalue weighted by atomic mass is 9.95. The minimum absolute atomic E-state index is 0.123. The molecule has 1 amide bonds. The van der Waals surface area contributed by atoms with Gasteiger partial charge in [-0.15, -0.1) is 0 Å². The highest BCUT2D eigenvalue weighted by atomic mass is 16.3. The van der Waals surface area contributed by atoms with Gasteiger partial charge in [-0.25, -0.2) is 9.50 Å². The van der Waals surface area contributed by atoms with Crippen molar-refractivity contribution in [3.05, 3.63) is 53.9 Å². The van der Waals surface area contributed by atoms with Crippen LogP contribution in [0, 0.1) is 0 Å². The van der Waals surface area contributed by atoms with E-state index in [9.17, 15) is 9.90 Å². The van der Waals surface area contributed by atoms with Crippen LogP contribution in [0.5, 0.6) is 5.75 Å². The molecule has 0 radical (unpaired) electrons. The number of nitrogens with zero attached hydrogens (tertiary/aromatic N) is 3. The van der Waals surface area contributed by atoms with Crippen LogP contribution in [-0.4, -0.2) is 31.7 Å². The SMILES string of the molecule is O=C(NC1CCCCC1)c1cnn2ccc(NCc3ccccc3O)nc12. The minimum Gasteiger partial charge on any atom is -0.508 e. The predicted molar refractivity (Wildman–Crippen MR) is 103 cm³/mol. The number of benzene rings is 1. The average Bonchev–Trinajstić information content (AvgIpc) is 3.11. The molecule has 1 aromatic carbocycles. The van der Waals surface area contributed by atoms with Crippen LogP contribution in [0.25, 0.3) is 5.65 Å². The van der Waals surface area contributed by atoms with Gasteiger partial charge < -0.3 is 15.7 Å². The van der Waals surface area contributed by atoms with Gasteiger partial charge in [-0.05, 0) is 25.0 Å². The molecule has 0 bridgehead atoms. The standard InChI is InChI=1S/C20H23N5O2/c26-17-9-5-4-6-14(17)12-21-18-10-11-25-19(24-18)16(13-22-25)20(27)23-15-7-2-1-3-8-15/h4-6,9-11,13,15,26H,1-3,7-8,12H2,(H,21,24)(H,23,27). The maximum absolute atomic E-state index is 12.7. The number of phenols is 1. The van der Waals surface area contributed by atoms with E-state index in [1.165, 1.54) is 19.3 Å². The summed E-state index contributed by atoms with van der Waals surface area (Å²) in [5.74, 6) is 0.739. The van der Waals surface area contributed by atoms with Crippen LogP contribution in [0.4, 0.5) is 5.82 Å². The molecule has 4 rings (SSSR count). The fourth-order valence-electron chi connectivity index (χ4n) is 3.48. The summed E-state index contributed by atoms with van der Waals surface area (Å²) in [7, 11) is 0. The largest absolute Gasteiger partial charge is 0.508 e. The summed E-state index contributed by atoms with van der Waals surface area (Å²) in [5.41, 5.74) is 1.78. The molecule has 0 spiro atoms. The monoisotopic (exact) mass is 365 g/mol. The van der Waals surface area contributed by atoms with Crippen molar-refractivity contribution in [2.75, 3.05) is 5.32 Å². The molecule has 3 aromatic rings. The lowest BCUT2D eigenvalue weighted by Crippen LogP contribution is -2.36. The molecule has 7 heteroatoms. The second-order valence-electron chi connectivity index (χ2n) is 6.93. The summed E-state index contributed by atoms with van der Waals surface area (Å²) < 4.78 is 1.60. The van der Waals surface area contributed by atoms with Crippen LogP contribution < -0.4 is 10.6 Å². The number of aromatic nitrogens is 3. The summed E-state index contributed by atoms with van der Waals surface area (Å²) in [5, 5.41) is 20.4. The molecule has 0 aliphatic heterocycles. The number of rotatable bonds is 5. The minimum atomic E-state index is -0.123. The summed E-state index contributed by atoms with van der Waals surface area (Å²) in [6, 6.07) is 9.19. The molecular formula is C20H23N5O2. The molecule has 1 fully saturated rings. The zero-order chi connectivity index (χ0) is 18.6. The van der Waals surface area contributed by atoms with Crippen LogP contribution in [0.15, 0.2) is 42.7 Å². The second-order valence-corrected chi connectivity index (χ2v) is 6.93. The normalized spacial score (nSPS) is 15.0. The highest BCUT2D eigenvalue weighted by Crippen LogP contribution is 2.20. The van der Waals surface area contributed by atoms with Gasteiger partial charge in [0.1, 0.15) is 17.1 Å². The Morgan fingerprint density at radius 2 is 2.00 bits per heavy atom. The van der Waals surface area contributed by atoms with Gasteiger partial charge in [0.15, 0.2) is 5.65 Å². The van der Waals surface area contributed by atoms with Crippen molar-refractivity contribution in [3.8, 4) is 5.75 Å². The number of carbonyl (C=O) groups is 1. The highest BCUT2D eigenvalue weighted by Gasteiger charge is 2.20. The maximum Gasteiger partial charge on any atom is 0.256 e. The van der Waals surface area contributed by atoms with Crippen molar-refractivity contribution in [2.24, 2.45) is 0 Å². The lowest BCUT2D eigenvalue weighted by Gasteiger charge is -2.22. The van der Waals surface area contributed by atoms with E-state index in [1.807, 2.05) is 12.1 Å². The third-order valence-electron chi connectivity index (χ3n) is 5.01. The molecule has 2 heterocycles. The van der Waals surface area contributed by atoms with Crippen molar-refractivity contribution >= 4 is 17.4 Å². The van der Waals surface area contributed by atoms with Gasteiger partial charge in [0.2, 0.25) is 0 Å². The third-order valence-corrected chi connectivity index (χ3v) is 5.01. The Balaban J connectivity index is 1.50. The van der Waals surface area contributed by atoms with E-state index in [0.717, 1.165) is 18.4 Å². The van der Waals surface area contributed by atoms with Gasteiger partial charge in [-0.3, -0.25) is 4.79 Å². The summed E-state index contributed by atoms with van der Waals surface area (Å²) in [6.07, 6.45) is 8.98. The van der Waals surface area contributed by atoms with Crippen LogP contribution in [0.3, 0.4) is 0 Å². The zero-order valence-corrected chi connectivity index (χ0v) is 15.1. The fraction of sp³-hybridized carbons (Fsp3) is 0.350. The van der Waals surface area contributed by atoms with Crippen LogP contribution in [-0.2, 0) is 6.54 Å². The molecule has 1 aliphatic rings. The Morgan fingerprint density at radius 3 is 2.81 bits per heavy atom. The Kier molecular flexibility index (Phi) is 4.91. The van der Waals surface area contributed by atoms with Crippen molar-refractivity contribution in [2.45, 2.75) is 44.7 Å². The number of hydrogen-bond acceptors (Lipinski definition) is 5. The van der Waals surface area contributed by atoms with E-state index in [2.05, 4.69) is 20.7 Å². The molecule has 7 nitrogen and oxygen atoms in total. The lowest BCUT2D eigenvalue weighted by molar-refractivity contribution is 0.0929. The molecule has 0 saturated heterocycles. The summed E-state index contributed by atoms with van der Waals surface area (Å²) in [4.78, 5) is 17.2. The second kappa shape index (κ2) is 7.65. The van der Waals surface area contributed by atoms with Gasteiger partial charge >= 0.3 is 0 Å². The fourth-order valence-corrected chi connectivity index (χ4v) is 3.48. The molecular weight excluding hydrogens is 342 g/mol. The van der Waals surface area contributed by atoms with Crippen LogP contribution >= 0.6 is 0 Å². The third kappa shape index (κ3) is 3.86. The van der Waals surface area contributed by atoms with Gasteiger partial charge in [0, 0.05) is 24.3 Å². The number of aromatic hydroxyl groups is 1. The number of anilines is 1. The van der Waals surface area contributed by atoms with E-state index in [4.69, 9.17) is 0 Å². The molecule has 1 aliphatic carbocycles. The first-order chi connectivity index (χ1) is 13.2. The smallest absolute Gasteiger partial charge is 0.256 e. The Hall–Kier alpha value is -3.09. The van der Waals surface area contributed by atoms with Crippen molar-refractivity contribution < 1.29 is 9.90 Å². The van der Waals surface area contributed by atoms with Crippen molar-refractivity contribution in [3.63, 3.8) is 0 Å². The number of carbonyl (C=O) groups excluding carboxylic acids is 1. The predicted octanol–water partition coefficient (Wildman–Crippen LogP) is 3.11. The first-order valence-corrected chi connectivity index (χ1v) is 9.37. The Labute approximate surface area is 157 Å². The number of para-hydroxylation sites is 1. The molecule has 0 atom stereocenters. The number of nitrogens with one attached hydrogen (secondary N) is 2. The van der Waals surface area contributed by atoms with E-state index >= 15 is 0 Å². The highest BCUT2D eigenvalue weighted by molar-refractivity contribution is 5.99. The van der Waals surface area contributed by atoms with E-state index < -0.39 is 0 Å². The van der Waals surface area contributed by atoms with E-state index in [0.29, 0.717) is 23.6 Å². The van der Waals surface area contributed by atoms with Crippen LogP contribution in [0.1, 0.15) is 48.0 Å². The van der Waals surface area contributed by atoms with Gasteiger partial charge in [0.25, 0.3) is 5.91 Å². The Morgan fingerprint density at radius 1 is 1.19 bits per heavy atom. The molecule has 2 aromatic heterocycles. The number of hydrogen-bond donors (Lipinski definition) is 3. The molecule has 1 saturated carbocycles. The average molecular weight is 365 g/mol. The first kappa shape index (κ1) is 17.3.